The molecule has 1 N–H and O–H groups in total. The fourth-order valence-electron chi connectivity index (χ4n) is 5.02. The van der Waals surface area contributed by atoms with Crippen molar-refractivity contribution in [3.63, 3.8) is 0 Å². The third kappa shape index (κ3) is 8.61. The van der Waals surface area contributed by atoms with Gasteiger partial charge >= 0.3 is 0 Å². The molecule has 0 saturated carbocycles. The SMILES string of the molecule is CCC(C)NC(=O)C(Cc1ccccc1)N(Cc1ccc(Br)cc1)C(=O)CN(c1cccc(C)c1C)S(=O)(=O)c1ccccc1. The minimum Gasteiger partial charge on any atom is -0.352 e. The van der Waals surface area contributed by atoms with E-state index < -0.39 is 28.5 Å². The van der Waals surface area contributed by atoms with E-state index in [0.717, 1.165) is 33.1 Å². The van der Waals surface area contributed by atoms with Crippen LogP contribution in [0.15, 0.2) is 112 Å². The first-order valence-electron chi connectivity index (χ1n) is 15.0. The van der Waals surface area contributed by atoms with Crippen molar-refractivity contribution < 1.29 is 18.0 Å². The third-order valence-corrected chi connectivity index (χ3v) is 10.3. The van der Waals surface area contributed by atoms with E-state index in [0.29, 0.717) is 5.69 Å². The second-order valence-corrected chi connectivity index (χ2v) is 14.0. The molecule has 4 rings (SSSR count). The fourth-order valence-corrected chi connectivity index (χ4v) is 6.78. The Bertz CT molecular complexity index is 1700. The summed E-state index contributed by atoms with van der Waals surface area (Å²) in [5, 5.41) is 3.07. The van der Waals surface area contributed by atoms with Crippen LogP contribution in [-0.4, -0.2) is 43.8 Å². The minimum atomic E-state index is -4.15. The normalized spacial score (nSPS) is 12.6. The average Bonchev–Trinajstić information content (AvgIpc) is 3.04. The number of hydrogen-bond donors (Lipinski definition) is 1. The number of anilines is 1. The van der Waals surface area contributed by atoms with Gasteiger partial charge in [-0.25, -0.2) is 8.42 Å². The molecule has 45 heavy (non-hydrogen) atoms. The number of amides is 2. The van der Waals surface area contributed by atoms with Gasteiger partial charge in [-0.3, -0.25) is 13.9 Å². The van der Waals surface area contributed by atoms with Crippen LogP contribution in [0.3, 0.4) is 0 Å². The molecule has 236 valence electrons. The van der Waals surface area contributed by atoms with Crippen molar-refractivity contribution in [2.24, 2.45) is 0 Å². The van der Waals surface area contributed by atoms with E-state index in [9.17, 15) is 18.0 Å². The van der Waals surface area contributed by atoms with Crippen LogP contribution in [0.5, 0.6) is 0 Å². The summed E-state index contributed by atoms with van der Waals surface area (Å²) in [5.74, 6) is -0.776. The zero-order chi connectivity index (χ0) is 32.6. The molecule has 0 aliphatic carbocycles. The molecule has 0 aromatic heterocycles. The lowest BCUT2D eigenvalue weighted by Crippen LogP contribution is -2.54. The molecule has 0 radical (unpaired) electrons. The summed E-state index contributed by atoms with van der Waals surface area (Å²) in [6.45, 7) is 7.29. The molecule has 0 aliphatic heterocycles. The molecule has 0 bridgehead atoms. The van der Waals surface area contributed by atoms with E-state index in [1.54, 1.807) is 30.3 Å². The second kappa shape index (κ2) is 15.4. The summed E-state index contributed by atoms with van der Waals surface area (Å²) >= 11 is 3.47. The van der Waals surface area contributed by atoms with Crippen LogP contribution in [0.1, 0.15) is 42.5 Å². The Morgan fingerprint density at radius 2 is 1.44 bits per heavy atom. The molecule has 7 nitrogen and oxygen atoms in total. The fraction of sp³-hybridized carbons (Fsp3) is 0.278. The molecule has 2 unspecified atom stereocenters. The number of halogens is 1. The monoisotopic (exact) mass is 689 g/mol. The Morgan fingerprint density at radius 3 is 2.07 bits per heavy atom. The highest BCUT2D eigenvalue weighted by Gasteiger charge is 2.35. The number of benzene rings is 4. The van der Waals surface area contributed by atoms with Crippen LogP contribution >= 0.6 is 15.9 Å². The van der Waals surface area contributed by atoms with Crippen molar-refractivity contribution >= 4 is 43.5 Å². The van der Waals surface area contributed by atoms with Crippen LogP contribution < -0.4 is 9.62 Å². The Balaban J connectivity index is 1.83. The lowest BCUT2D eigenvalue weighted by molar-refractivity contribution is -0.140. The van der Waals surface area contributed by atoms with Crippen molar-refractivity contribution in [2.75, 3.05) is 10.8 Å². The first-order valence-corrected chi connectivity index (χ1v) is 17.3. The Hall–Kier alpha value is -3.95. The van der Waals surface area contributed by atoms with Gasteiger partial charge in [-0.15, -0.1) is 0 Å². The molecule has 2 amide bonds. The molecule has 4 aromatic rings. The van der Waals surface area contributed by atoms with Gasteiger partial charge in [0, 0.05) is 23.5 Å². The Morgan fingerprint density at radius 1 is 0.822 bits per heavy atom. The number of nitrogens with one attached hydrogen (secondary N) is 1. The number of carbonyl (C=O) groups is 2. The van der Waals surface area contributed by atoms with Gasteiger partial charge in [-0.1, -0.05) is 95.7 Å². The summed E-state index contributed by atoms with van der Waals surface area (Å²) < 4.78 is 30.5. The van der Waals surface area contributed by atoms with Crippen LogP contribution in [0.25, 0.3) is 0 Å². The summed E-state index contributed by atoms with van der Waals surface area (Å²) in [5.41, 5.74) is 3.76. The highest BCUT2D eigenvalue weighted by molar-refractivity contribution is 9.10. The number of sulfonamides is 1. The summed E-state index contributed by atoms with van der Waals surface area (Å²) in [7, 11) is -4.15. The van der Waals surface area contributed by atoms with Crippen molar-refractivity contribution in [2.45, 2.75) is 64.1 Å². The Kier molecular flexibility index (Phi) is 11.6. The van der Waals surface area contributed by atoms with Crippen LogP contribution in [0.4, 0.5) is 5.69 Å². The molecule has 0 aliphatic rings. The molecule has 0 saturated heterocycles. The Labute approximate surface area is 275 Å². The largest absolute Gasteiger partial charge is 0.352 e. The lowest BCUT2D eigenvalue weighted by atomic mass is 10.0. The number of carbonyl (C=O) groups excluding carboxylic acids is 2. The maximum Gasteiger partial charge on any atom is 0.264 e. The zero-order valence-corrected chi connectivity index (χ0v) is 28.5. The molecule has 0 fully saturated rings. The highest BCUT2D eigenvalue weighted by atomic mass is 79.9. The van der Waals surface area contributed by atoms with Gasteiger partial charge in [-0.2, -0.15) is 0 Å². The predicted molar refractivity (Wildman–Crippen MR) is 183 cm³/mol. The van der Waals surface area contributed by atoms with Crippen LogP contribution in [0.2, 0.25) is 0 Å². The van der Waals surface area contributed by atoms with Gasteiger partial charge in [0.2, 0.25) is 11.8 Å². The number of nitrogens with zero attached hydrogens (tertiary/aromatic N) is 2. The second-order valence-electron chi connectivity index (χ2n) is 11.2. The van der Waals surface area contributed by atoms with Gasteiger partial charge in [0.15, 0.2) is 0 Å². The van der Waals surface area contributed by atoms with E-state index >= 15 is 0 Å². The standard InChI is InChI=1S/C36H40BrN3O4S/c1-5-27(3)38-36(42)34(23-29-14-8-6-9-15-29)39(24-30-19-21-31(37)22-20-30)35(41)25-40(33-18-12-13-26(2)28(33)4)45(43,44)32-16-10-7-11-17-32/h6-22,27,34H,5,23-25H2,1-4H3,(H,38,42). The quantitative estimate of drug-likeness (QED) is 0.167. The number of hydrogen-bond acceptors (Lipinski definition) is 4. The molecular weight excluding hydrogens is 650 g/mol. The van der Waals surface area contributed by atoms with Crippen molar-refractivity contribution in [3.8, 4) is 0 Å². The minimum absolute atomic E-state index is 0.0773. The van der Waals surface area contributed by atoms with Gasteiger partial charge in [0.05, 0.1) is 10.6 Å². The van der Waals surface area contributed by atoms with Crippen LogP contribution in [0, 0.1) is 13.8 Å². The molecule has 0 heterocycles. The summed E-state index contributed by atoms with van der Waals surface area (Å²) in [6, 6.07) is 29.6. The van der Waals surface area contributed by atoms with Gasteiger partial charge < -0.3 is 10.2 Å². The molecule has 2 atom stereocenters. The lowest BCUT2D eigenvalue weighted by Gasteiger charge is -2.34. The number of aryl methyl sites for hydroxylation is 1. The van der Waals surface area contributed by atoms with Gasteiger partial charge in [0.25, 0.3) is 10.0 Å². The topological polar surface area (TPSA) is 86.8 Å². The third-order valence-electron chi connectivity index (χ3n) is 7.99. The molecule has 0 spiro atoms. The predicted octanol–water partition coefficient (Wildman–Crippen LogP) is 6.82. The van der Waals surface area contributed by atoms with E-state index in [1.165, 1.54) is 21.3 Å². The average molecular weight is 691 g/mol. The first-order chi connectivity index (χ1) is 21.5. The van der Waals surface area contributed by atoms with Crippen LogP contribution in [-0.2, 0) is 32.6 Å². The van der Waals surface area contributed by atoms with Crippen molar-refractivity contribution in [1.29, 1.82) is 0 Å². The highest BCUT2D eigenvalue weighted by Crippen LogP contribution is 2.29. The smallest absolute Gasteiger partial charge is 0.264 e. The molecular formula is C36H40BrN3O4S. The van der Waals surface area contributed by atoms with Crippen molar-refractivity contribution in [1.82, 2.24) is 10.2 Å². The van der Waals surface area contributed by atoms with E-state index in [1.807, 2.05) is 88.4 Å². The number of rotatable bonds is 13. The van der Waals surface area contributed by atoms with E-state index in [-0.39, 0.29) is 29.8 Å². The summed E-state index contributed by atoms with van der Waals surface area (Å²) in [4.78, 5) is 30.1. The maximum absolute atomic E-state index is 14.6. The van der Waals surface area contributed by atoms with Gasteiger partial charge in [-0.05, 0) is 79.8 Å². The van der Waals surface area contributed by atoms with Gasteiger partial charge in [0.1, 0.15) is 12.6 Å². The summed E-state index contributed by atoms with van der Waals surface area (Å²) in [6.07, 6.45) is 0.987. The van der Waals surface area contributed by atoms with E-state index in [4.69, 9.17) is 0 Å². The van der Waals surface area contributed by atoms with Crippen molar-refractivity contribution in [3.05, 3.63) is 130 Å². The molecule has 9 heteroatoms. The maximum atomic E-state index is 14.6. The first kappa shape index (κ1) is 33.9. The van der Waals surface area contributed by atoms with E-state index in [2.05, 4.69) is 21.2 Å². The molecule has 4 aromatic carbocycles. The zero-order valence-electron chi connectivity index (χ0n) is 26.1.